The first-order valence-corrected chi connectivity index (χ1v) is 7.01. The van der Waals surface area contributed by atoms with Gasteiger partial charge in [0.2, 0.25) is 0 Å². The van der Waals surface area contributed by atoms with Gasteiger partial charge in [-0.25, -0.2) is 0 Å². The SMILES string of the molecule is CCCn1ncc(OC)c1C(O)C1(OC)CCCC1. The van der Waals surface area contributed by atoms with E-state index in [2.05, 4.69) is 12.0 Å². The monoisotopic (exact) mass is 268 g/mol. The van der Waals surface area contributed by atoms with Crippen LogP contribution in [-0.2, 0) is 11.3 Å². The van der Waals surface area contributed by atoms with Crippen LogP contribution in [0.3, 0.4) is 0 Å². The molecule has 1 saturated carbocycles. The standard InChI is InChI=1S/C14H24N2O3/c1-4-9-16-12(11(18-2)10-15-16)13(17)14(19-3)7-5-6-8-14/h10,13,17H,4-9H2,1-3H3. The number of methoxy groups -OCH3 is 2. The van der Waals surface area contributed by atoms with E-state index in [1.54, 1.807) is 20.4 Å². The van der Waals surface area contributed by atoms with Crippen molar-refractivity contribution in [3.05, 3.63) is 11.9 Å². The maximum atomic E-state index is 10.8. The summed E-state index contributed by atoms with van der Waals surface area (Å²) in [5.74, 6) is 0.643. The highest BCUT2D eigenvalue weighted by molar-refractivity contribution is 5.29. The Bertz CT molecular complexity index is 411. The third-order valence-corrected chi connectivity index (χ3v) is 4.11. The van der Waals surface area contributed by atoms with Crippen molar-refractivity contribution in [3.8, 4) is 5.75 Å². The number of aliphatic hydroxyl groups is 1. The van der Waals surface area contributed by atoms with Crippen molar-refractivity contribution < 1.29 is 14.6 Å². The van der Waals surface area contributed by atoms with Crippen molar-refractivity contribution in [2.75, 3.05) is 14.2 Å². The summed E-state index contributed by atoms with van der Waals surface area (Å²) in [6.45, 7) is 2.86. The number of aryl methyl sites for hydroxylation is 1. The van der Waals surface area contributed by atoms with E-state index in [4.69, 9.17) is 9.47 Å². The number of hydrogen-bond acceptors (Lipinski definition) is 4. The third kappa shape index (κ3) is 2.49. The van der Waals surface area contributed by atoms with Gasteiger partial charge in [0.05, 0.1) is 18.9 Å². The molecule has 108 valence electrons. The minimum atomic E-state index is -0.691. The largest absolute Gasteiger partial charge is 0.493 e. The molecule has 1 unspecified atom stereocenters. The van der Waals surface area contributed by atoms with Crippen molar-refractivity contribution in [1.29, 1.82) is 0 Å². The lowest BCUT2D eigenvalue weighted by Gasteiger charge is -2.33. The average molecular weight is 268 g/mol. The van der Waals surface area contributed by atoms with Gasteiger partial charge in [0.1, 0.15) is 11.8 Å². The molecule has 1 heterocycles. The van der Waals surface area contributed by atoms with Crippen LogP contribution < -0.4 is 4.74 Å². The zero-order valence-corrected chi connectivity index (χ0v) is 12.1. The predicted octanol–water partition coefficient (Wildman–Crippen LogP) is 2.29. The molecular weight excluding hydrogens is 244 g/mol. The topological polar surface area (TPSA) is 56.5 Å². The molecule has 1 aromatic heterocycles. The Morgan fingerprint density at radius 3 is 2.63 bits per heavy atom. The van der Waals surface area contributed by atoms with Gasteiger partial charge in [-0.15, -0.1) is 0 Å². The normalized spacial score (nSPS) is 19.6. The van der Waals surface area contributed by atoms with Crippen LogP contribution in [0.4, 0.5) is 0 Å². The maximum Gasteiger partial charge on any atom is 0.162 e. The molecule has 1 atom stereocenters. The van der Waals surface area contributed by atoms with Crippen molar-refractivity contribution in [3.63, 3.8) is 0 Å². The third-order valence-electron chi connectivity index (χ3n) is 4.11. The summed E-state index contributed by atoms with van der Waals surface area (Å²) in [6.07, 6.45) is 5.89. The number of ether oxygens (including phenoxy) is 2. The highest BCUT2D eigenvalue weighted by Gasteiger charge is 2.44. The summed E-state index contributed by atoms with van der Waals surface area (Å²) in [5, 5.41) is 15.1. The molecule has 0 spiro atoms. The van der Waals surface area contributed by atoms with E-state index in [1.807, 2.05) is 4.68 Å². The lowest BCUT2D eigenvalue weighted by Crippen LogP contribution is -2.37. The van der Waals surface area contributed by atoms with Gasteiger partial charge in [0.15, 0.2) is 5.75 Å². The van der Waals surface area contributed by atoms with E-state index >= 15 is 0 Å². The Kier molecular flexibility index (Phi) is 4.47. The zero-order chi connectivity index (χ0) is 13.9. The molecule has 0 saturated heterocycles. The molecule has 1 aliphatic rings. The Labute approximate surface area is 114 Å². The highest BCUT2D eigenvalue weighted by Crippen LogP contribution is 2.44. The fraction of sp³-hybridized carbons (Fsp3) is 0.786. The van der Waals surface area contributed by atoms with Crippen LogP contribution in [0.25, 0.3) is 0 Å². The molecule has 5 nitrogen and oxygen atoms in total. The summed E-state index contributed by atoms with van der Waals surface area (Å²) >= 11 is 0. The van der Waals surface area contributed by atoms with Gasteiger partial charge in [-0.05, 0) is 19.3 Å². The molecule has 0 bridgehead atoms. The van der Waals surface area contributed by atoms with Gasteiger partial charge >= 0.3 is 0 Å². The number of nitrogens with zero attached hydrogens (tertiary/aromatic N) is 2. The van der Waals surface area contributed by atoms with Gasteiger partial charge in [-0.3, -0.25) is 4.68 Å². The van der Waals surface area contributed by atoms with E-state index in [9.17, 15) is 5.11 Å². The first-order valence-electron chi connectivity index (χ1n) is 7.01. The molecule has 1 N–H and O–H groups in total. The Morgan fingerprint density at radius 2 is 2.11 bits per heavy atom. The van der Waals surface area contributed by atoms with Gasteiger partial charge in [0.25, 0.3) is 0 Å². The highest BCUT2D eigenvalue weighted by atomic mass is 16.5. The summed E-state index contributed by atoms with van der Waals surface area (Å²) in [6, 6.07) is 0. The molecule has 1 aromatic rings. The molecule has 0 radical (unpaired) electrons. The van der Waals surface area contributed by atoms with Gasteiger partial charge in [-0.1, -0.05) is 19.8 Å². The van der Waals surface area contributed by atoms with Gasteiger partial charge in [0, 0.05) is 13.7 Å². The quantitative estimate of drug-likeness (QED) is 0.860. The van der Waals surface area contributed by atoms with Crippen LogP contribution in [0, 0.1) is 0 Å². The van der Waals surface area contributed by atoms with E-state index in [1.165, 1.54) is 0 Å². The molecule has 5 heteroatoms. The van der Waals surface area contributed by atoms with Crippen LogP contribution >= 0.6 is 0 Å². The summed E-state index contributed by atoms with van der Waals surface area (Å²) in [4.78, 5) is 0. The second kappa shape index (κ2) is 5.92. The molecular formula is C14H24N2O3. The first kappa shape index (κ1) is 14.3. The maximum absolute atomic E-state index is 10.8. The second-order valence-electron chi connectivity index (χ2n) is 5.20. The van der Waals surface area contributed by atoms with E-state index < -0.39 is 11.7 Å². The fourth-order valence-electron chi connectivity index (χ4n) is 3.01. The van der Waals surface area contributed by atoms with Crippen molar-refractivity contribution in [2.45, 2.75) is 57.3 Å². The lowest BCUT2D eigenvalue weighted by molar-refractivity contribution is -0.104. The summed E-state index contributed by atoms with van der Waals surface area (Å²) < 4.78 is 12.8. The molecule has 0 amide bonds. The first-order chi connectivity index (χ1) is 9.18. The fourth-order valence-corrected chi connectivity index (χ4v) is 3.01. The van der Waals surface area contributed by atoms with Crippen molar-refractivity contribution in [2.24, 2.45) is 0 Å². The van der Waals surface area contributed by atoms with Gasteiger partial charge in [-0.2, -0.15) is 5.10 Å². The lowest BCUT2D eigenvalue weighted by atomic mass is 9.91. The van der Waals surface area contributed by atoms with E-state index in [0.717, 1.165) is 44.3 Å². The second-order valence-corrected chi connectivity index (χ2v) is 5.20. The Balaban J connectivity index is 2.35. The van der Waals surface area contributed by atoms with Crippen molar-refractivity contribution >= 4 is 0 Å². The molecule has 2 rings (SSSR count). The molecule has 1 aliphatic carbocycles. The van der Waals surface area contributed by atoms with Crippen molar-refractivity contribution in [1.82, 2.24) is 9.78 Å². The van der Waals surface area contributed by atoms with E-state index in [0.29, 0.717) is 5.75 Å². The summed E-state index contributed by atoms with van der Waals surface area (Å²) in [7, 11) is 3.29. The van der Waals surface area contributed by atoms with Crippen LogP contribution in [0.5, 0.6) is 5.75 Å². The van der Waals surface area contributed by atoms with Crippen LogP contribution in [-0.4, -0.2) is 34.7 Å². The smallest absolute Gasteiger partial charge is 0.162 e. The van der Waals surface area contributed by atoms with Crippen LogP contribution in [0.15, 0.2) is 6.20 Å². The molecule has 0 aromatic carbocycles. The van der Waals surface area contributed by atoms with Crippen LogP contribution in [0.2, 0.25) is 0 Å². The molecule has 1 fully saturated rings. The zero-order valence-electron chi connectivity index (χ0n) is 12.1. The summed E-state index contributed by atoms with van der Waals surface area (Å²) in [5.41, 5.74) is 0.256. The average Bonchev–Trinajstić information content (AvgIpc) is 3.05. The molecule has 19 heavy (non-hydrogen) atoms. The van der Waals surface area contributed by atoms with Gasteiger partial charge < -0.3 is 14.6 Å². The van der Waals surface area contributed by atoms with Crippen LogP contribution in [0.1, 0.15) is 50.8 Å². The number of aliphatic hydroxyl groups excluding tert-OH is 1. The number of rotatable bonds is 6. The minimum Gasteiger partial charge on any atom is -0.493 e. The molecule has 0 aliphatic heterocycles. The minimum absolute atomic E-state index is 0.487. The number of aromatic nitrogens is 2. The Hall–Kier alpha value is -1.07. The Morgan fingerprint density at radius 1 is 1.42 bits per heavy atom. The number of hydrogen-bond donors (Lipinski definition) is 1. The van der Waals surface area contributed by atoms with E-state index in [-0.39, 0.29) is 0 Å². The predicted molar refractivity (Wildman–Crippen MR) is 72.2 cm³/mol.